The van der Waals surface area contributed by atoms with E-state index >= 15 is 0 Å². The molecule has 0 aliphatic rings. The number of carbonyl (C=O) groups excluding carboxylic acids is 1. The van der Waals surface area contributed by atoms with Gasteiger partial charge in [0.15, 0.2) is 0 Å². The summed E-state index contributed by atoms with van der Waals surface area (Å²) in [6.45, 7) is 0. The number of carbonyl (C=O) groups is 1. The number of fused-ring (bicyclic) bond motifs is 2. The van der Waals surface area contributed by atoms with Crippen LogP contribution in [0.5, 0.6) is 5.75 Å². The van der Waals surface area contributed by atoms with Crippen LogP contribution in [-0.2, 0) is 0 Å². The Morgan fingerprint density at radius 1 is 0.720 bits per heavy atom. The standard InChI is InChI=1S/C21H15NO2.Na/c23-20-13-17-8-4-3-7-16(17)12-19(20)21(24)22-18-10-9-14-5-1-2-6-15(14)11-18;/h1-13,23H,(H,22,24);/q;+1/p-1. The minimum absolute atomic E-state index is 0. The van der Waals surface area contributed by atoms with E-state index in [-0.39, 0.29) is 46.8 Å². The van der Waals surface area contributed by atoms with Crippen LogP contribution in [0.3, 0.4) is 0 Å². The zero-order valence-electron chi connectivity index (χ0n) is 13.8. The molecule has 0 unspecified atom stereocenters. The van der Waals surface area contributed by atoms with Crippen molar-refractivity contribution in [2.24, 2.45) is 0 Å². The summed E-state index contributed by atoms with van der Waals surface area (Å²) >= 11 is 0. The maximum Gasteiger partial charge on any atom is 1.00 e. The molecular weight excluding hydrogens is 321 g/mol. The molecule has 4 heteroatoms. The van der Waals surface area contributed by atoms with E-state index in [0.717, 1.165) is 21.5 Å². The summed E-state index contributed by atoms with van der Waals surface area (Å²) in [5, 5.41) is 18.9. The average molecular weight is 335 g/mol. The number of hydrogen-bond donors (Lipinski definition) is 1. The first-order valence-corrected chi connectivity index (χ1v) is 7.71. The predicted molar refractivity (Wildman–Crippen MR) is 95.3 cm³/mol. The maximum atomic E-state index is 12.5. The third-order valence-electron chi connectivity index (χ3n) is 4.10. The van der Waals surface area contributed by atoms with Gasteiger partial charge in [-0.25, -0.2) is 0 Å². The Balaban J connectivity index is 0.00000182. The molecule has 25 heavy (non-hydrogen) atoms. The Morgan fingerprint density at radius 2 is 1.28 bits per heavy atom. The van der Waals surface area contributed by atoms with Crippen molar-refractivity contribution < 1.29 is 39.5 Å². The van der Waals surface area contributed by atoms with Crippen LogP contribution < -0.4 is 40.0 Å². The summed E-state index contributed by atoms with van der Waals surface area (Å²) < 4.78 is 0. The molecule has 0 fully saturated rings. The van der Waals surface area contributed by atoms with Crippen molar-refractivity contribution in [2.75, 3.05) is 5.32 Å². The van der Waals surface area contributed by atoms with E-state index in [4.69, 9.17) is 0 Å². The van der Waals surface area contributed by atoms with Gasteiger partial charge in [-0.05, 0) is 39.7 Å². The third-order valence-corrected chi connectivity index (χ3v) is 4.10. The second-order valence-electron chi connectivity index (χ2n) is 5.71. The van der Waals surface area contributed by atoms with Gasteiger partial charge in [0.2, 0.25) is 0 Å². The van der Waals surface area contributed by atoms with Gasteiger partial charge in [0, 0.05) is 11.3 Å². The zero-order valence-corrected chi connectivity index (χ0v) is 15.8. The van der Waals surface area contributed by atoms with E-state index in [1.54, 1.807) is 6.07 Å². The van der Waals surface area contributed by atoms with Crippen molar-refractivity contribution in [1.82, 2.24) is 0 Å². The number of hydrogen-bond acceptors (Lipinski definition) is 2. The first-order valence-electron chi connectivity index (χ1n) is 7.71. The fourth-order valence-electron chi connectivity index (χ4n) is 2.86. The smallest absolute Gasteiger partial charge is 0.872 e. The van der Waals surface area contributed by atoms with E-state index in [1.165, 1.54) is 6.07 Å². The summed E-state index contributed by atoms with van der Waals surface area (Å²) in [6.07, 6.45) is 0. The molecule has 1 amide bonds. The molecule has 4 rings (SSSR count). The SMILES string of the molecule is O=C(Nc1ccc2ccccc2c1)c1cc2ccccc2cc1[O-].[Na+]. The quantitative estimate of drug-likeness (QED) is 0.562. The summed E-state index contributed by atoms with van der Waals surface area (Å²) in [5.41, 5.74) is 0.827. The number of anilines is 1. The van der Waals surface area contributed by atoms with Gasteiger partial charge in [-0.3, -0.25) is 4.79 Å². The Bertz CT molecular complexity index is 1080. The van der Waals surface area contributed by atoms with Gasteiger partial charge in [0.05, 0.1) is 0 Å². The van der Waals surface area contributed by atoms with Crippen molar-refractivity contribution in [3.63, 3.8) is 0 Å². The topological polar surface area (TPSA) is 52.2 Å². The first kappa shape index (κ1) is 17.5. The van der Waals surface area contributed by atoms with E-state index in [1.807, 2.05) is 66.7 Å². The molecule has 0 aliphatic carbocycles. The zero-order chi connectivity index (χ0) is 16.5. The molecule has 0 radical (unpaired) electrons. The molecule has 0 atom stereocenters. The van der Waals surface area contributed by atoms with Crippen LogP contribution in [0.2, 0.25) is 0 Å². The molecular formula is C21H14NNaO2. The second-order valence-corrected chi connectivity index (χ2v) is 5.71. The Labute approximate surface area is 167 Å². The molecule has 0 saturated heterocycles. The summed E-state index contributed by atoms with van der Waals surface area (Å²) in [4.78, 5) is 12.5. The molecule has 0 heterocycles. The van der Waals surface area contributed by atoms with Crippen molar-refractivity contribution in [3.8, 4) is 5.75 Å². The van der Waals surface area contributed by atoms with E-state index in [0.29, 0.717) is 5.69 Å². The summed E-state index contributed by atoms with van der Waals surface area (Å²) in [7, 11) is 0. The van der Waals surface area contributed by atoms with Crippen LogP contribution in [0.4, 0.5) is 5.69 Å². The normalized spacial score (nSPS) is 10.4. The molecule has 0 aromatic heterocycles. The monoisotopic (exact) mass is 335 g/mol. The number of amides is 1. The summed E-state index contributed by atoms with van der Waals surface area (Å²) in [6, 6.07) is 24.3. The van der Waals surface area contributed by atoms with Gasteiger partial charge in [-0.2, -0.15) is 0 Å². The van der Waals surface area contributed by atoms with Crippen molar-refractivity contribution >= 4 is 33.1 Å². The minimum atomic E-state index is -0.388. The fourth-order valence-corrected chi connectivity index (χ4v) is 2.86. The average Bonchev–Trinajstić information content (AvgIpc) is 2.61. The van der Waals surface area contributed by atoms with Gasteiger partial charge in [0.25, 0.3) is 5.91 Å². The first-order chi connectivity index (χ1) is 11.7. The molecule has 0 spiro atoms. The molecule has 0 aliphatic heterocycles. The summed E-state index contributed by atoms with van der Waals surface area (Å²) in [5.74, 6) is -0.659. The van der Waals surface area contributed by atoms with Crippen LogP contribution in [0.15, 0.2) is 78.9 Å². The van der Waals surface area contributed by atoms with Gasteiger partial charge >= 0.3 is 29.6 Å². The van der Waals surface area contributed by atoms with Crippen molar-refractivity contribution in [2.45, 2.75) is 0 Å². The van der Waals surface area contributed by atoms with Crippen LogP contribution in [0.25, 0.3) is 21.5 Å². The van der Waals surface area contributed by atoms with Crippen molar-refractivity contribution in [1.29, 1.82) is 0 Å². The molecule has 0 bridgehead atoms. The number of rotatable bonds is 2. The van der Waals surface area contributed by atoms with Crippen LogP contribution >= 0.6 is 0 Å². The molecule has 4 aromatic rings. The fraction of sp³-hybridized carbons (Fsp3) is 0. The van der Waals surface area contributed by atoms with Crippen molar-refractivity contribution in [3.05, 3.63) is 84.4 Å². The van der Waals surface area contributed by atoms with E-state index in [2.05, 4.69) is 5.32 Å². The Kier molecular flexibility index (Phi) is 5.09. The molecule has 0 saturated carbocycles. The van der Waals surface area contributed by atoms with Crippen LogP contribution in [0, 0.1) is 0 Å². The van der Waals surface area contributed by atoms with E-state index in [9.17, 15) is 9.90 Å². The van der Waals surface area contributed by atoms with Gasteiger partial charge in [-0.15, -0.1) is 0 Å². The van der Waals surface area contributed by atoms with Gasteiger partial charge in [0.1, 0.15) is 0 Å². The Morgan fingerprint density at radius 3 is 1.96 bits per heavy atom. The van der Waals surface area contributed by atoms with Crippen LogP contribution in [-0.4, -0.2) is 5.91 Å². The molecule has 1 N–H and O–H groups in total. The second kappa shape index (κ2) is 7.28. The molecule has 4 aromatic carbocycles. The van der Waals surface area contributed by atoms with Gasteiger partial charge < -0.3 is 10.4 Å². The maximum absolute atomic E-state index is 12.5. The number of nitrogens with one attached hydrogen (secondary N) is 1. The third kappa shape index (κ3) is 3.54. The van der Waals surface area contributed by atoms with Crippen LogP contribution in [0.1, 0.15) is 10.4 Å². The predicted octanol–water partition coefficient (Wildman–Crippen LogP) is 1.32. The molecule has 116 valence electrons. The Hall–Kier alpha value is -2.33. The number of benzene rings is 4. The largest absolute Gasteiger partial charge is 1.00 e. The van der Waals surface area contributed by atoms with Gasteiger partial charge in [-0.1, -0.05) is 66.4 Å². The molecule has 3 nitrogen and oxygen atoms in total. The van der Waals surface area contributed by atoms with E-state index < -0.39 is 0 Å². The minimum Gasteiger partial charge on any atom is -0.872 e.